The molecule has 0 saturated heterocycles. The minimum atomic E-state index is -0.421. The van der Waals surface area contributed by atoms with Gasteiger partial charge in [-0.15, -0.1) is 0 Å². The van der Waals surface area contributed by atoms with E-state index in [1.165, 1.54) is 6.07 Å². The van der Waals surface area contributed by atoms with E-state index in [0.29, 0.717) is 17.7 Å². The van der Waals surface area contributed by atoms with Crippen LogP contribution in [0.2, 0.25) is 0 Å². The highest BCUT2D eigenvalue weighted by molar-refractivity contribution is 9.10. The standard InChI is InChI=1S/C18H16BrNO3/c1-10-7-13(19)3-5-15(10)20-9-12-8-17(22)23-18-11(2)16(21)6-4-14(12)18/h3-8,20-21H,9H2,1-2H3. The van der Waals surface area contributed by atoms with E-state index in [-0.39, 0.29) is 5.75 Å². The van der Waals surface area contributed by atoms with E-state index in [4.69, 9.17) is 4.42 Å². The predicted octanol–water partition coefficient (Wildman–Crippen LogP) is 4.49. The zero-order valence-corrected chi connectivity index (χ0v) is 14.4. The number of phenolic OH excluding ortho intramolecular Hbond substituents is 1. The maximum atomic E-state index is 11.8. The number of phenols is 1. The normalized spacial score (nSPS) is 10.9. The van der Waals surface area contributed by atoms with Crippen LogP contribution in [0.4, 0.5) is 5.69 Å². The number of fused-ring (bicyclic) bond motifs is 1. The molecule has 4 nitrogen and oxygen atoms in total. The Morgan fingerprint density at radius 3 is 2.70 bits per heavy atom. The summed E-state index contributed by atoms with van der Waals surface area (Å²) in [6, 6.07) is 10.9. The van der Waals surface area contributed by atoms with Crippen molar-refractivity contribution in [1.29, 1.82) is 0 Å². The molecule has 0 aliphatic rings. The van der Waals surface area contributed by atoms with E-state index in [0.717, 1.165) is 26.7 Å². The lowest BCUT2D eigenvalue weighted by atomic mass is 10.1. The number of hydrogen-bond donors (Lipinski definition) is 2. The first-order valence-corrected chi connectivity index (χ1v) is 8.00. The molecule has 3 rings (SSSR count). The van der Waals surface area contributed by atoms with Crippen LogP contribution in [-0.4, -0.2) is 5.11 Å². The summed E-state index contributed by atoms with van der Waals surface area (Å²) in [5, 5.41) is 14.0. The van der Waals surface area contributed by atoms with Crippen LogP contribution < -0.4 is 10.9 Å². The van der Waals surface area contributed by atoms with Crippen LogP contribution in [0.1, 0.15) is 16.7 Å². The highest BCUT2D eigenvalue weighted by Gasteiger charge is 2.11. The summed E-state index contributed by atoms with van der Waals surface area (Å²) in [7, 11) is 0. The SMILES string of the molecule is Cc1cc(Br)ccc1NCc1cc(=O)oc2c(C)c(O)ccc12. The Labute approximate surface area is 141 Å². The first-order chi connectivity index (χ1) is 11.0. The number of aromatic hydroxyl groups is 1. The Hall–Kier alpha value is -2.27. The van der Waals surface area contributed by atoms with E-state index in [9.17, 15) is 9.90 Å². The summed E-state index contributed by atoms with van der Waals surface area (Å²) < 4.78 is 6.28. The van der Waals surface area contributed by atoms with Gasteiger partial charge in [-0.3, -0.25) is 0 Å². The van der Waals surface area contributed by atoms with E-state index >= 15 is 0 Å². The average Bonchev–Trinajstić information content (AvgIpc) is 2.50. The number of benzene rings is 2. The second-order valence-corrected chi connectivity index (χ2v) is 6.41. The number of halogens is 1. The number of aryl methyl sites for hydroxylation is 2. The number of hydrogen-bond acceptors (Lipinski definition) is 4. The summed E-state index contributed by atoms with van der Waals surface area (Å²) >= 11 is 3.44. The second kappa shape index (κ2) is 6.08. The van der Waals surface area contributed by atoms with Gasteiger partial charge in [-0.2, -0.15) is 0 Å². The molecule has 1 aromatic heterocycles. The molecule has 0 aliphatic heterocycles. The second-order valence-electron chi connectivity index (χ2n) is 5.49. The van der Waals surface area contributed by atoms with Crippen molar-refractivity contribution in [2.75, 3.05) is 5.32 Å². The maximum Gasteiger partial charge on any atom is 0.336 e. The highest BCUT2D eigenvalue weighted by Crippen LogP contribution is 2.28. The van der Waals surface area contributed by atoms with Crippen LogP contribution in [0.5, 0.6) is 5.75 Å². The van der Waals surface area contributed by atoms with Crippen LogP contribution in [-0.2, 0) is 6.54 Å². The summed E-state index contributed by atoms with van der Waals surface area (Å²) in [4.78, 5) is 11.8. The lowest BCUT2D eigenvalue weighted by molar-refractivity contribution is 0.468. The van der Waals surface area contributed by atoms with Gasteiger partial charge in [0.15, 0.2) is 0 Å². The molecule has 2 aromatic carbocycles. The first-order valence-electron chi connectivity index (χ1n) is 7.21. The van der Waals surface area contributed by atoms with E-state index in [1.807, 2.05) is 25.1 Å². The van der Waals surface area contributed by atoms with Crippen molar-refractivity contribution < 1.29 is 9.52 Å². The van der Waals surface area contributed by atoms with Crippen LogP contribution in [0.15, 0.2) is 50.1 Å². The Morgan fingerprint density at radius 1 is 1.17 bits per heavy atom. The van der Waals surface area contributed by atoms with Crippen LogP contribution in [0.3, 0.4) is 0 Å². The predicted molar refractivity (Wildman–Crippen MR) is 95.1 cm³/mol. The molecule has 0 saturated carbocycles. The van der Waals surface area contributed by atoms with Crippen molar-refractivity contribution in [3.8, 4) is 5.75 Å². The van der Waals surface area contributed by atoms with Crippen molar-refractivity contribution in [1.82, 2.24) is 0 Å². The molecule has 0 atom stereocenters. The van der Waals surface area contributed by atoms with Gasteiger partial charge in [-0.1, -0.05) is 15.9 Å². The molecule has 0 radical (unpaired) electrons. The average molecular weight is 374 g/mol. The smallest absolute Gasteiger partial charge is 0.336 e. The van der Waals surface area contributed by atoms with Gasteiger partial charge in [-0.25, -0.2) is 4.79 Å². The van der Waals surface area contributed by atoms with E-state index < -0.39 is 5.63 Å². The molecule has 2 N–H and O–H groups in total. The van der Waals surface area contributed by atoms with Gasteiger partial charge in [0.2, 0.25) is 0 Å². The largest absolute Gasteiger partial charge is 0.508 e. The number of nitrogens with one attached hydrogen (secondary N) is 1. The molecular formula is C18H16BrNO3. The molecule has 118 valence electrons. The Morgan fingerprint density at radius 2 is 1.96 bits per heavy atom. The number of rotatable bonds is 3. The van der Waals surface area contributed by atoms with Gasteiger partial charge in [-0.05, 0) is 55.3 Å². The lowest BCUT2D eigenvalue weighted by Crippen LogP contribution is -2.07. The van der Waals surface area contributed by atoms with Gasteiger partial charge >= 0.3 is 5.63 Å². The van der Waals surface area contributed by atoms with Crippen molar-refractivity contribution in [2.24, 2.45) is 0 Å². The summed E-state index contributed by atoms with van der Waals surface area (Å²) in [5.74, 6) is 0.120. The quantitative estimate of drug-likeness (QED) is 0.663. The van der Waals surface area contributed by atoms with Crippen molar-refractivity contribution in [2.45, 2.75) is 20.4 Å². The molecule has 0 bridgehead atoms. The number of anilines is 1. The molecule has 1 heterocycles. The fraction of sp³-hybridized carbons (Fsp3) is 0.167. The maximum absolute atomic E-state index is 11.8. The Bertz CT molecular complexity index is 947. The Kier molecular flexibility index (Phi) is 4.13. The topological polar surface area (TPSA) is 62.5 Å². The van der Waals surface area contributed by atoms with Gasteiger partial charge < -0.3 is 14.8 Å². The minimum absolute atomic E-state index is 0.120. The molecule has 0 aliphatic carbocycles. The van der Waals surface area contributed by atoms with Gasteiger partial charge in [0.1, 0.15) is 11.3 Å². The third kappa shape index (κ3) is 3.10. The van der Waals surface area contributed by atoms with Crippen LogP contribution in [0.25, 0.3) is 11.0 Å². The fourth-order valence-electron chi connectivity index (χ4n) is 2.58. The fourth-order valence-corrected chi connectivity index (χ4v) is 3.05. The highest BCUT2D eigenvalue weighted by atomic mass is 79.9. The monoisotopic (exact) mass is 373 g/mol. The Balaban J connectivity index is 2.00. The zero-order valence-electron chi connectivity index (χ0n) is 12.8. The molecule has 3 aromatic rings. The molecule has 0 fully saturated rings. The molecule has 0 amide bonds. The minimum Gasteiger partial charge on any atom is -0.508 e. The molecule has 0 spiro atoms. The van der Waals surface area contributed by atoms with Gasteiger partial charge in [0.25, 0.3) is 0 Å². The third-order valence-corrected chi connectivity index (χ3v) is 4.37. The van der Waals surface area contributed by atoms with Crippen LogP contribution in [0, 0.1) is 13.8 Å². The molecule has 0 unspecified atom stereocenters. The summed E-state index contributed by atoms with van der Waals surface area (Å²) in [5.41, 5.74) is 3.53. The van der Waals surface area contributed by atoms with Gasteiger partial charge in [0.05, 0.1) is 0 Å². The molecule has 23 heavy (non-hydrogen) atoms. The zero-order chi connectivity index (χ0) is 16.6. The lowest BCUT2D eigenvalue weighted by Gasteiger charge is -2.12. The van der Waals surface area contributed by atoms with Crippen molar-refractivity contribution >= 4 is 32.6 Å². The summed E-state index contributed by atoms with van der Waals surface area (Å²) in [6.45, 7) is 4.25. The van der Waals surface area contributed by atoms with Gasteiger partial charge in [0, 0.05) is 33.7 Å². The summed E-state index contributed by atoms with van der Waals surface area (Å²) in [6.07, 6.45) is 0. The third-order valence-electron chi connectivity index (χ3n) is 3.88. The first kappa shape index (κ1) is 15.6. The van der Waals surface area contributed by atoms with Crippen molar-refractivity contribution in [3.05, 3.63) is 68.0 Å². The van der Waals surface area contributed by atoms with Crippen LogP contribution >= 0.6 is 15.9 Å². The molecule has 5 heteroatoms. The van der Waals surface area contributed by atoms with E-state index in [2.05, 4.69) is 21.2 Å². The van der Waals surface area contributed by atoms with E-state index in [1.54, 1.807) is 19.1 Å². The molecular weight excluding hydrogens is 358 g/mol. The van der Waals surface area contributed by atoms with Crippen molar-refractivity contribution in [3.63, 3.8) is 0 Å².